The number of rotatable bonds is 8. The molecule has 0 bridgehead atoms. The average Bonchev–Trinajstić information content (AvgIpc) is 2.96. The summed E-state index contributed by atoms with van der Waals surface area (Å²) in [6.07, 6.45) is 1.15. The summed E-state index contributed by atoms with van der Waals surface area (Å²) in [5.74, 6) is 0. The van der Waals surface area contributed by atoms with Crippen molar-refractivity contribution in [1.29, 1.82) is 0 Å². The van der Waals surface area contributed by atoms with Crippen LogP contribution >= 0.6 is 11.3 Å². The first-order chi connectivity index (χ1) is 9.79. The zero-order chi connectivity index (χ0) is 14.2. The van der Waals surface area contributed by atoms with Crippen molar-refractivity contribution >= 4 is 29.1 Å². The zero-order valence-corrected chi connectivity index (χ0v) is 11.8. The van der Waals surface area contributed by atoms with Gasteiger partial charge in [0.15, 0.2) is 0 Å². The van der Waals surface area contributed by atoms with E-state index in [9.17, 15) is 4.79 Å². The molecule has 0 radical (unpaired) electrons. The minimum atomic E-state index is 0.394. The minimum Gasteiger partial charge on any atom is -0.398 e. The molecule has 4 N–H and O–H groups in total. The second kappa shape index (κ2) is 7.52. The van der Waals surface area contributed by atoms with E-state index in [-0.39, 0.29) is 0 Å². The highest BCUT2D eigenvalue weighted by molar-refractivity contribution is 7.09. The predicted octanol–water partition coefficient (Wildman–Crippen LogP) is 2.16. The molecular weight excluding hydrogens is 274 g/mol. The Bertz CT molecular complexity index is 543. The molecule has 0 saturated heterocycles. The summed E-state index contributed by atoms with van der Waals surface area (Å²) in [4.78, 5) is 16.2. The molecule has 5 nitrogen and oxygen atoms in total. The molecule has 2 aromatic rings. The van der Waals surface area contributed by atoms with Crippen LogP contribution in [-0.2, 0) is 22.6 Å². The zero-order valence-electron chi connectivity index (χ0n) is 11.0. The Morgan fingerprint density at radius 1 is 1.35 bits per heavy atom. The number of carbonyl (C=O) groups excluding carboxylic acids is 1. The fraction of sp³-hybridized carbons (Fsp3) is 0.214. The Balaban J connectivity index is 1.86. The molecule has 0 aliphatic heterocycles. The monoisotopic (exact) mass is 291 g/mol. The summed E-state index contributed by atoms with van der Waals surface area (Å²) in [7, 11) is 0. The third-order valence-corrected chi connectivity index (χ3v) is 3.67. The van der Waals surface area contributed by atoms with Crippen molar-refractivity contribution in [2.45, 2.75) is 13.0 Å². The van der Waals surface area contributed by atoms with E-state index in [1.807, 2.05) is 24.3 Å². The van der Waals surface area contributed by atoms with E-state index in [2.05, 4.69) is 22.2 Å². The van der Waals surface area contributed by atoms with Crippen molar-refractivity contribution in [3.05, 3.63) is 46.2 Å². The number of hydrogen-bond acceptors (Lipinski definition) is 5. The van der Waals surface area contributed by atoms with Gasteiger partial charge in [0.05, 0.1) is 6.61 Å². The molecule has 2 rings (SSSR count). The number of nitrogens with two attached hydrogens (primary N) is 1. The fourth-order valence-corrected chi connectivity index (χ4v) is 2.43. The largest absolute Gasteiger partial charge is 0.398 e. The molecule has 0 fully saturated rings. The van der Waals surface area contributed by atoms with Crippen LogP contribution in [0.1, 0.15) is 10.4 Å². The van der Waals surface area contributed by atoms with Gasteiger partial charge in [-0.3, -0.25) is 9.63 Å². The van der Waals surface area contributed by atoms with Gasteiger partial charge in [-0.25, -0.2) is 5.48 Å². The average molecular weight is 291 g/mol. The van der Waals surface area contributed by atoms with Gasteiger partial charge >= 0.3 is 0 Å². The third-order valence-electron chi connectivity index (χ3n) is 2.80. The first kappa shape index (κ1) is 14.4. The van der Waals surface area contributed by atoms with Gasteiger partial charge in [-0.15, -0.1) is 11.3 Å². The normalized spacial score (nSPS) is 10.2. The molecule has 20 heavy (non-hydrogen) atoms. The molecule has 1 aromatic carbocycles. The second-order valence-corrected chi connectivity index (χ2v) is 5.21. The van der Waals surface area contributed by atoms with E-state index in [1.54, 1.807) is 11.3 Å². The maximum Gasteiger partial charge on any atom is 0.230 e. The summed E-state index contributed by atoms with van der Waals surface area (Å²) in [6, 6.07) is 10.00. The molecule has 0 atom stereocenters. The topological polar surface area (TPSA) is 76.4 Å². The standard InChI is InChI=1S/C14H17N3O2S/c15-14-8-12(16-9-13-2-1-7-20-13)4-3-11(14)5-6-19-17-10-18/h1-4,7-8,10,16H,5-6,9,15H2,(H,17,18). The lowest BCUT2D eigenvalue weighted by Gasteiger charge is -2.10. The molecule has 106 valence electrons. The van der Waals surface area contributed by atoms with Crippen LogP contribution in [0.15, 0.2) is 35.7 Å². The molecular formula is C14H17N3O2S. The van der Waals surface area contributed by atoms with Crippen LogP contribution in [0.4, 0.5) is 11.4 Å². The smallest absolute Gasteiger partial charge is 0.230 e. The first-order valence-corrected chi connectivity index (χ1v) is 7.13. The number of amides is 1. The van der Waals surface area contributed by atoms with Crippen LogP contribution in [0.2, 0.25) is 0 Å². The lowest BCUT2D eigenvalue weighted by atomic mass is 10.1. The van der Waals surface area contributed by atoms with Crippen LogP contribution in [0.5, 0.6) is 0 Å². The Kier molecular flexibility index (Phi) is 5.40. The number of carbonyl (C=O) groups is 1. The van der Waals surface area contributed by atoms with Crippen molar-refractivity contribution in [1.82, 2.24) is 5.48 Å². The van der Waals surface area contributed by atoms with E-state index in [0.29, 0.717) is 19.4 Å². The van der Waals surface area contributed by atoms with Crippen LogP contribution in [0.3, 0.4) is 0 Å². The van der Waals surface area contributed by atoms with Crippen LogP contribution in [0.25, 0.3) is 0 Å². The molecule has 0 aliphatic carbocycles. The number of benzene rings is 1. The number of hydrogen-bond donors (Lipinski definition) is 3. The summed E-state index contributed by atoms with van der Waals surface area (Å²) >= 11 is 1.72. The van der Waals surface area contributed by atoms with Crippen molar-refractivity contribution in [2.75, 3.05) is 17.7 Å². The molecule has 0 aliphatic rings. The van der Waals surface area contributed by atoms with Crippen molar-refractivity contribution < 1.29 is 9.63 Å². The van der Waals surface area contributed by atoms with Crippen LogP contribution < -0.4 is 16.5 Å². The first-order valence-electron chi connectivity index (χ1n) is 6.25. The molecule has 0 unspecified atom stereocenters. The van der Waals surface area contributed by atoms with Gasteiger partial charge in [0, 0.05) is 29.2 Å². The second-order valence-electron chi connectivity index (χ2n) is 4.18. The lowest BCUT2D eigenvalue weighted by molar-refractivity contribution is -0.120. The Labute approximate surface area is 121 Å². The van der Waals surface area contributed by atoms with Gasteiger partial charge in [-0.05, 0) is 29.1 Å². The maximum atomic E-state index is 10.0. The van der Waals surface area contributed by atoms with E-state index < -0.39 is 0 Å². The lowest BCUT2D eigenvalue weighted by Crippen LogP contribution is -2.14. The van der Waals surface area contributed by atoms with E-state index >= 15 is 0 Å². The van der Waals surface area contributed by atoms with E-state index in [1.165, 1.54) is 4.88 Å². The highest BCUT2D eigenvalue weighted by Crippen LogP contribution is 2.20. The Morgan fingerprint density at radius 3 is 2.95 bits per heavy atom. The van der Waals surface area contributed by atoms with Crippen molar-refractivity contribution in [3.63, 3.8) is 0 Å². The van der Waals surface area contributed by atoms with Gasteiger partial charge in [-0.2, -0.15) is 0 Å². The SMILES string of the molecule is Nc1cc(NCc2cccs2)ccc1CCONC=O. The number of nitrogens with one attached hydrogen (secondary N) is 2. The molecule has 1 amide bonds. The summed E-state index contributed by atoms with van der Waals surface area (Å²) in [6.45, 7) is 1.19. The highest BCUT2D eigenvalue weighted by Gasteiger charge is 2.02. The van der Waals surface area contributed by atoms with Crippen LogP contribution in [-0.4, -0.2) is 13.0 Å². The van der Waals surface area contributed by atoms with Gasteiger partial charge in [0.1, 0.15) is 0 Å². The fourth-order valence-electron chi connectivity index (χ4n) is 1.79. The van der Waals surface area contributed by atoms with Crippen molar-refractivity contribution in [3.8, 4) is 0 Å². The Morgan fingerprint density at radius 2 is 2.25 bits per heavy atom. The van der Waals surface area contributed by atoms with Crippen molar-refractivity contribution in [2.24, 2.45) is 0 Å². The maximum absolute atomic E-state index is 10.0. The van der Waals surface area contributed by atoms with Gasteiger partial charge in [0.2, 0.25) is 6.41 Å². The van der Waals surface area contributed by atoms with Gasteiger partial charge < -0.3 is 11.1 Å². The number of anilines is 2. The van der Waals surface area contributed by atoms with E-state index in [0.717, 1.165) is 23.5 Å². The highest BCUT2D eigenvalue weighted by atomic mass is 32.1. The Hall–Kier alpha value is -2.05. The summed E-state index contributed by atoms with van der Waals surface area (Å²) < 4.78 is 0. The van der Waals surface area contributed by atoms with Gasteiger partial charge in [-0.1, -0.05) is 12.1 Å². The molecule has 6 heteroatoms. The summed E-state index contributed by atoms with van der Waals surface area (Å²) in [5, 5.41) is 5.39. The number of hydroxylamine groups is 1. The van der Waals surface area contributed by atoms with Gasteiger partial charge in [0.25, 0.3) is 0 Å². The molecule has 1 aromatic heterocycles. The van der Waals surface area contributed by atoms with E-state index in [4.69, 9.17) is 10.6 Å². The number of thiophene rings is 1. The summed E-state index contributed by atoms with van der Waals surface area (Å²) in [5.41, 5.74) is 10.9. The minimum absolute atomic E-state index is 0.394. The molecule has 0 spiro atoms. The third kappa shape index (κ3) is 4.25. The molecule has 0 saturated carbocycles. The predicted molar refractivity (Wildman–Crippen MR) is 81.4 cm³/mol. The van der Waals surface area contributed by atoms with Crippen LogP contribution in [0, 0.1) is 0 Å². The molecule has 1 heterocycles. The number of nitrogen functional groups attached to an aromatic ring is 1. The quantitative estimate of drug-likeness (QED) is 0.301.